The van der Waals surface area contributed by atoms with Crippen molar-refractivity contribution in [2.75, 3.05) is 25.6 Å². The normalized spacial score (nSPS) is 11.1. The fourth-order valence-electron chi connectivity index (χ4n) is 1.25. The second-order valence-electron chi connectivity index (χ2n) is 4.67. The van der Waals surface area contributed by atoms with Gasteiger partial charge in [0.25, 0.3) is 0 Å². The summed E-state index contributed by atoms with van der Waals surface area (Å²) >= 11 is 0. The van der Waals surface area contributed by atoms with Crippen LogP contribution in [0.1, 0.15) is 13.8 Å². The number of aliphatic hydroxyl groups excluding tert-OH is 1. The molecule has 0 aromatic heterocycles. The summed E-state index contributed by atoms with van der Waals surface area (Å²) in [6.07, 6.45) is 0. The van der Waals surface area contributed by atoms with Gasteiger partial charge in [0.2, 0.25) is 5.91 Å². The quantitative estimate of drug-likeness (QED) is 0.706. The Labute approximate surface area is 107 Å². The van der Waals surface area contributed by atoms with Crippen molar-refractivity contribution < 1.29 is 14.6 Å². The van der Waals surface area contributed by atoms with Crippen LogP contribution in [0, 0.1) is 0 Å². The highest BCUT2D eigenvalue weighted by molar-refractivity contribution is 5.92. The maximum absolute atomic E-state index is 11.6. The summed E-state index contributed by atoms with van der Waals surface area (Å²) in [6.45, 7) is 3.78. The zero-order valence-corrected chi connectivity index (χ0v) is 11.0. The third-order valence-electron chi connectivity index (χ3n) is 2.50. The number of anilines is 1. The number of carbonyl (C=O) groups excluding carboxylic acids is 1. The molecule has 0 atom stereocenters. The maximum atomic E-state index is 11.6. The highest BCUT2D eigenvalue weighted by atomic mass is 16.5. The summed E-state index contributed by atoms with van der Waals surface area (Å²) in [4.78, 5) is 11.6. The molecule has 0 heterocycles. The molecule has 0 spiro atoms. The highest BCUT2D eigenvalue weighted by Crippen LogP contribution is 2.14. The summed E-state index contributed by atoms with van der Waals surface area (Å²) in [5, 5.41) is 14.8. The van der Waals surface area contributed by atoms with Crippen LogP contribution in [0.15, 0.2) is 24.3 Å². The lowest BCUT2D eigenvalue weighted by Crippen LogP contribution is -2.46. The van der Waals surface area contributed by atoms with Crippen molar-refractivity contribution in [2.24, 2.45) is 0 Å². The molecule has 0 saturated heterocycles. The molecule has 0 saturated carbocycles. The Morgan fingerprint density at radius 3 is 2.44 bits per heavy atom. The first-order chi connectivity index (χ1) is 8.46. The van der Waals surface area contributed by atoms with Crippen LogP contribution in [0.25, 0.3) is 0 Å². The smallest absolute Gasteiger partial charge is 0.238 e. The molecule has 0 fully saturated rings. The van der Waals surface area contributed by atoms with E-state index in [-0.39, 0.29) is 19.1 Å². The van der Waals surface area contributed by atoms with Crippen molar-refractivity contribution in [3.63, 3.8) is 0 Å². The van der Waals surface area contributed by atoms with Crippen LogP contribution in [0.5, 0.6) is 5.75 Å². The lowest BCUT2D eigenvalue weighted by molar-refractivity contribution is -0.115. The van der Waals surface area contributed by atoms with Crippen LogP contribution in [-0.4, -0.2) is 36.8 Å². The summed E-state index contributed by atoms with van der Waals surface area (Å²) in [6, 6.07) is 7.10. The summed E-state index contributed by atoms with van der Waals surface area (Å²) in [5.74, 6) is 0.592. The molecule has 0 aliphatic heterocycles. The molecule has 0 aliphatic rings. The van der Waals surface area contributed by atoms with Gasteiger partial charge in [-0.1, -0.05) is 0 Å². The zero-order valence-electron chi connectivity index (χ0n) is 11.0. The molecule has 0 bridgehead atoms. The van der Waals surface area contributed by atoms with Crippen molar-refractivity contribution in [3.05, 3.63) is 24.3 Å². The van der Waals surface area contributed by atoms with Gasteiger partial charge in [0, 0.05) is 11.2 Å². The van der Waals surface area contributed by atoms with E-state index in [2.05, 4.69) is 10.6 Å². The van der Waals surface area contributed by atoms with Crippen LogP contribution < -0.4 is 15.4 Å². The Morgan fingerprint density at radius 2 is 1.94 bits per heavy atom. The molecular weight excluding hydrogens is 232 g/mol. The number of hydrogen-bond acceptors (Lipinski definition) is 4. The molecule has 1 aromatic carbocycles. The first-order valence-corrected chi connectivity index (χ1v) is 5.76. The van der Waals surface area contributed by atoms with E-state index in [1.54, 1.807) is 31.4 Å². The molecule has 0 unspecified atom stereocenters. The molecule has 0 aliphatic carbocycles. The van der Waals surface area contributed by atoms with Crippen LogP contribution >= 0.6 is 0 Å². The fraction of sp³-hybridized carbons (Fsp3) is 0.462. The number of methoxy groups -OCH3 is 1. The van der Waals surface area contributed by atoms with Crippen molar-refractivity contribution in [3.8, 4) is 5.75 Å². The van der Waals surface area contributed by atoms with Gasteiger partial charge in [-0.25, -0.2) is 0 Å². The number of aliphatic hydroxyl groups is 1. The van der Waals surface area contributed by atoms with E-state index in [0.717, 1.165) is 5.75 Å². The van der Waals surface area contributed by atoms with Gasteiger partial charge in [0.1, 0.15) is 5.75 Å². The van der Waals surface area contributed by atoms with Gasteiger partial charge in [-0.15, -0.1) is 0 Å². The summed E-state index contributed by atoms with van der Waals surface area (Å²) in [5.41, 5.74) is 0.251. The number of carbonyl (C=O) groups is 1. The topological polar surface area (TPSA) is 70.6 Å². The second-order valence-corrected chi connectivity index (χ2v) is 4.67. The van der Waals surface area contributed by atoms with Crippen LogP contribution in [-0.2, 0) is 4.79 Å². The monoisotopic (exact) mass is 252 g/mol. The van der Waals surface area contributed by atoms with E-state index in [1.165, 1.54) is 0 Å². The molecule has 1 aromatic rings. The van der Waals surface area contributed by atoms with Crippen LogP contribution in [0.4, 0.5) is 5.69 Å². The summed E-state index contributed by atoms with van der Waals surface area (Å²) in [7, 11) is 1.59. The maximum Gasteiger partial charge on any atom is 0.238 e. The SMILES string of the molecule is COc1ccc(NC(=O)CNC(C)(C)CO)cc1. The molecule has 1 amide bonds. The Bertz CT molecular complexity index is 388. The minimum absolute atomic E-state index is 0.0250. The van der Waals surface area contributed by atoms with Crippen molar-refractivity contribution >= 4 is 11.6 Å². The van der Waals surface area contributed by atoms with E-state index in [4.69, 9.17) is 9.84 Å². The molecule has 5 nitrogen and oxygen atoms in total. The largest absolute Gasteiger partial charge is 0.497 e. The Balaban J connectivity index is 2.44. The fourth-order valence-corrected chi connectivity index (χ4v) is 1.25. The van der Waals surface area contributed by atoms with Gasteiger partial charge >= 0.3 is 0 Å². The number of ether oxygens (including phenoxy) is 1. The third-order valence-corrected chi connectivity index (χ3v) is 2.50. The van der Waals surface area contributed by atoms with Gasteiger partial charge in [-0.3, -0.25) is 4.79 Å². The molecule has 100 valence electrons. The first kappa shape index (κ1) is 14.5. The molecule has 5 heteroatoms. The van der Waals surface area contributed by atoms with Gasteiger partial charge in [0.05, 0.1) is 20.3 Å². The van der Waals surface area contributed by atoms with E-state index in [1.807, 2.05) is 13.8 Å². The first-order valence-electron chi connectivity index (χ1n) is 5.76. The van der Waals surface area contributed by atoms with E-state index in [9.17, 15) is 4.79 Å². The number of amides is 1. The Hall–Kier alpha value is -1.59. The van der Waals surface area contributed by atoms with Crippen LogP contribution in [0.2, 0.25) is 0 Å². The van der Waals surface area contributed by atoms with Gasteiger partial charge < -0.3 is 20.5 Å². The predicted molar refractivity (Wildman–Crippen MR) is 70.8 cm³/mol. The van der Waals surface area contributed by atoms with E-state index >= 15 is 0 Å². The molecule has 0 radical (unpaired) electrons. The van der Waals surface area contributed by atoms with Gasteiger partial charge in [-0.05, 0) is 38.1 Å². The molecule has 3 N–H and O–H groups in total. The minimum Gasteiger partial charge on any atom is -0.497 e. The Kier molecular flexibility index (Phi) is 5.12. The van der Waals surface area contributed by atoms with Crippen molar-refractivity contribution in [1.29, 1.82) is 0 Å². The number of rotatable bonds is 6. The van der Waals surface area contributed by atoms with Gasteiger partial charge in [0.15, 0.2) is 0 Å². The van der Waals surface area contributed by atoms with E-state index < -0.39 is 5.54 Å². The lowest BCUT2D eigenvalue weighted by atomic mass is 10.1. The standard InChI is InChI=1S/C13H20N2O3/c1-13(2,9-16)14-8-12(17)15-10-4-6-11(18-3)7-5-10/h4-7,14,16H,8-9H2,1-3H3,(H,15,17). The Morgan fingerprint density at radius 1 is 1.33 bits per heavy atom. The van der Waals surface area contributed by atoms with Crippen molar-refractivity contribution in [2.45, 2.75) is 19.4 Å². The molecular formula is C13H20N2O3. The van der Waals surface area contributed by atoms with Crippen LogP contribution in [0.3, 0.4) is 0 Å². The average molecular weight is 252 g/mol. The number of nitrogens with one attached hydrogen (secondary N) is 2. The third kappa shape index (κ3) is 4.73. The average Bonchev–Trinajstić information content (AvgIpc) is 2.37. The lowest BCUT2D eigenvalue weighted by Gasteiger charge is -2.23. The summed E-state index contributed by atoms with van der Waals surface area (Å²) < 4.78 is 5.03. The second kappa shape index (κ2) is 6.37. The molecule has 18 heavy (non-hydrogen) atoms. The van der Waals surface area contributed by atoms with E-state index in [0.29, 0.717) is 5.69 Å². The highest BCUT2D eigenvalue weighted by Gasteiger charge is 2.16. The number of hydrogen-bond donors (Lipinski definition) is 3. The van der Waals surface area contributed by atoms with Crippen molar-refractivity contribution in [1.82, 2.24) is 5.32 Å². The zero-order chi connectivity index (χ0) is 13.6. The minimum atomic E-state index is -0.461. The van der Waals surface area contributed by atoms with Gasteiger partial charge in [-0.2, -0.15) is 0 Å². The predicted octanol–water partition coefficient (Wildman–Crippen LogP) is 0.994. The number of benzene rings is 1. The molecule has 1 rings (SSSR count).